The van der Waals surface area contributed by atoms with Crippen LogP contribution in [-0.2, 0) is 11.2 Å². The number of alkyl halides is 2. The first-order chi connectivity index (χ1) is 10.6. The molecule has 0 radical (unpaired) electrons. The summed E-state index contributed by atoms with van der Waals surface area (Å²) in [6.07, 6.45) is 9.80. The fourth-order valence-corrected chi connectivity index (χ4v) is 3.46. The van der Waals surface area contributed by atoms with E-state index in [0.717, 1.165) is 38.9 Å². The second-order valence-electron chi connectivity index (χ2n) is 6.52. The maximum absolute atomic E-state index is 12.1. The van der Waals surface area contributed by atoms with Crippen molar-refractivity contribution in [2.45, 2.75) is 32.8 Å². The van der Waals surface area contributed by atoms with Crippen LogP contribution in [0.1, 0.15) is 25.3 Å². The Bertz CT molecular complexity index is 611. The molecular weight excluding hydrogens is 286 g/mol. The lowest BCUT2D eigenvalue weighted by atomic mass is 10.00. The normalized spacial score (nSPS) is 25.1. The first kappa shape index (κ1) is 15.7. The zero-order valence-corrected chi connectivity index (χ0v) is 13.0. The third-order valence-corrected chi connectivity index (χ3v) is 4.71. The van der Waals surface area contributed by atoms with E-state index in [1.54, 1.807) is 0 Å². The van der Waals surface area contributed by atoms with Crippen molar-refractivity contribution in [1.29, 1.82) is 0 Å². The molecule has 3 rings (SSSR count). The summed E-state index contributed by atoms with van der Waals surface area (Å²) in [5.41, 5.74) is 1.37. The number of hydrogen-bond acceptors (Lipinski definition) is 2. The number of rotatable bonds is 6. The molecule has 0 bridgehead atoms. The summed E-state index contributed by atoms with van der Waals surface area (Å²) < 4.78 is 28.6. The number of nitrogens with one attached hydrogen (secondary N) is 1. The minimum atomic E-state index is -2.64. The van der Waals surface area contributed by atoms with Gasteiger partial charge in [-0.15, -0.1) is 0 Å². The van der Waals surface area contributed by atoms with E-state index in [9.17, 15) is 8.78 Å². The van der Waals surface area contributed by atoms with E-state index >= 15 is 0 Å². The van der Waals surface area contributed by atoms with Crippen molar-refractivity contribution >= 4 is 12.2 Å². The minimum absolute atomic E-state index is 0.175. The Labute approximate surface area is 129 Å². The minimum Gasteiger partial charge on any atom is -0.361 e. The van der Waals surface area contributed by atoms with Gasteiger partial charge in [0.05, 0.1) is 6.61 Å². The number of fused-ring (bicyclic) bond motifs is 1. The van der Waals surface area contributed by atoms with Crippen LogP contribution >= 0.6 is 0 Å². The van der Waals surface area contributed by atoms with Crippen LogP contribution in [0.25, 0.3) is 12.2 Å². The van der Waals surface area contributed by atoms with Crippen LogP contribution < -0.4 is 10.6 Å². The average Bonchev–Trinajstić information content (AvgIpc) is 3.09. The van der Waals surface area contributed by atoms with Crippen molar-refractivity contribution in [2.24, 2.45) is 11.8 Å². The highest BCUT2D eigenvalue weighted by Crippen LogP contribution is 2.17. The first-order valence-electron chi connectivity index (χ1n) is 8.12. The van der Waals surface area contributed by atoms with Crippen LogP contribution in [0.15, 0.2) is 6.20 Å². The van der Waals surface area contributed by atoms with Crippen molar-refractivity contribution < 1.29 is 13.5 Å². The molecule has 1 N–H and O–H groups in total. The Balaban J connectivity index is 1.52. The lowest BCUT2D eigenvalue weighted by molar-refractivity contribution is -0.137. The van der Waals surface area contributed by atoms with Gasteiger partial charge in [-0.2, -0.15) is 8.78 Å². The van der Waals surface area contributed by atoms with Crippen LogP contribution in [0, 0.1) is 11.8 Å². The van der Waals surface area contributed by atoms with Gasteiger partial charge in [0.15, 0.2) is 0 Å². The Morgan fingerprint density at radius 2 is 2.32 bits per heavy atom. The van der Waals surface area contributed by atoms with E-state index in [1.165, 1.54) is 16.1 Å². The highest BCUT2D eigenvalue weighted by Gasteiger charge is 2.23. The molecular formula is C17H24F2N2O. The van der Waals surface area contributed by atoms with Gasteiger partial charge in [-0.05, 0) is 48.4 Å². The molecule has 5 heteroatoms. The number of aromatic nitrogens is 1. The Hall–Kier alpha value is -1.20. The predicted octanol–water partition coefficient (Wildman–Crippen LogP) is 1.72. The van der Waals surface area contributed by atoms with E-state index in [4.69, 9.17) is 0 Å². The second-order valence-corrected chi connectivity index (χ2v) is 6.52. The first-order valence-corrected chi connectivity index (χ1v) is 8.12. The maximum atomic E-state index is 12.1. The van der Waals surface area contributed by atoms with Gasteiger partial charge in [0.2, 0.25) is 0 Å². The number of ether oxygens (including phenoxy) is 1. The smallest absolute Gasteiger partial charge is 0.345 e. The van der Waals surface area contributed by atoms with Gasteiger partial charge in [0.25, 0.3) is 0 Å². The molecule has 2 aliphatic rings. The topological polar surface area (TPSA) is 28.3 Å². The van der Waals surface area contributed by atoms with E-state index in [1.807, 2.05) is 0 Å². The van der Waals surface area contributed by atoms with E-state index < -0.39 is 6.61 Å². The summed E-state index contributed by atoms with van der Waals surface area (Å²) >= 11 is 0. The molecule has 2 heterocycles. The van der Waals surface area contributed by atoms with Crippen molar-refractivity contribution in [3.8, 4) is 0 Å². The van der Waals surface area contributed by atoms with Gasteiger partial charge in [-0.3, -0.25) is 0 Å². The lowest BCUT2D eigenvalue weighted by Gasteiger charge is -2.16. The molecule has 0 spiro atoms. The molecule has 1 aliphatic heterocycles. The number of likely N-dealkylation sites (tertiary alicyclic amines) is 1. The number of nitrogens with zero attached hydrogens (tertiary/aromatic N) is 1. The molecule has 0 amide bonds. The SMILES string of the molecule is CC1C=c2c(CCN3CC[C@@H](COC(F)F)C3)c[nH]c2=CC1. The number of H-pyrrole nitrogens is 1. The van der Waals surface area contributed by atoms with Crippen LogP contribution in [0.3, 0.4) is 0 Å². The molecule has 1 unspecified atom stereocenters. The van der Waals surface area contributed by atoms with E-state index in [-0.39, 0.29) is 12.5 Å². The predicted molar refractivity (Wildman–Crippen MR) is 83.0 cm³/mol. The third kappa shape index (κ3) is 3.76. The molecule has 1 aromatic heterocycles. The molecule has 0 aromatic carbocycles. The van der Waals surface area contributed by atoms with Gasteiger partial charge in [0.1, 0.15) is 0 Å². The fourth-order valence-electron chi connectivity index (χ4n) is 3.46. The zero-order valence-electron chi connectivity index (χ0n) is 13.0. The highest BCUT2D eigenvalue weighted by molar-refractivity contribution is 5.41. The Kier molecular flexibility index (Phi) is 4.93. The summed E-state index contributed by atoms with van der Waals surface area (Å²) in [5, 5.41) is 2.60. The molecule has 1 saturated heterocycles. The van der Waals surface area contributed by atoms with Gasteiger partial charge >= 0.3 is 6.61 Å². The van der Waals surface area contributed by atoms with Crippen LogP contribution in [0.4, 0.5) is 8.78 Å². The van der Waals surface area contributed by atoms with E-state index in [0.29, 0.717) is 5.92 Å². The fraction of sp³-hybridized carbons (Fsp3) is 0.647. The lowest BCUT2D eigenvalue weighted by Crippen LogP contribution is -2.31. The molecule has 122 valence electrons. The molecule has 1 fully saturated rings. The number of aromatic amines is 1. The Morgan fingerprint density at radius 1 is 1.45 bits per heavy atom. The summed E-state index contributed by atoms with van der Waals surface area (Å²) in [7, 11) is 0. The van der Waals surface area contributed by atoms with Gasteiger partial charge in [-0.1, -0.05) is 19.1 Å². The summed E-state index contributed by atoms with van der Waals surface area (Å²) in [4.78, 5) is 5.71. The van der Waals surface area contributed by atoms with Crippen molar-refractivity contribution in [3.63, 3.8) is 0 Å². The van der Waals surface area contributed by atoms with Gasteiger partial charge < -0.3 is 14.6 Å². The molecule has 1 aromatic rings. The summed E-state index contributed by atoms with van der Waals surface area (Å²) in [5.74, 6) is 0.846. The molecule has 2 atom stereocenters. The largest absolute Gasteiger partial charge is 0.361 e. The average molecular weight is 310 g/mol. The molecule has 22 heavy (non-hydrogen) atoms. The summed E-state index contributed by atoms with van der Waals surface area (Å²) in [6, 6.07) is 0. The molecule has 0 saturated carbocycles. The van der Waals surface area contributed by atoms with Gasteiger partial charge in [0, 0.05) is 24.6 Å². The van der Waals surface area contributed by atoms with Crippen LogP contribution in [-0.4, -0.2) is 42.7 Å². The third-order valence-electron chi connectivity index (χ3n) is 4.71. The highest BCUT2D eigenvalue weighted by atomic mass is 19.3. The Morgan fingerprint density at radius 3 is 3.14 bits per heavy atom. The van der Waals surface area contributed by atoms with Gasteiger partial charge in [-0.25, -0.2) is 0 Å². The molecule has 3 nitrogen and oxygen atoms in total. The number of hydrogen-bond donors (Lipinski definition) is 1. The standard InChI is InChI=1S/C17H24F2N2O/c1-12-2-3-16-15(8-12)14(9-20-16)5-7-21-6-4-13(10-21)11-22-17(18)19/h3,8-9,12-13,17,20H,2,4-7,10-11H2,1H3/t12?,13-/m1/s1. The zero-order chi connectivity index (χ0) is 15.5. The van der Waals surface area contributed by atoms with Crippen molar-refractivity contribution in [2.75, 3.05) is 26.2 Å². The monoisotopic (exact) mass is 310 g/mol. The van der Waals surface area contributed by atoms with Crippen molar-refractivity contribution in [1.82, 2.24) is 9.88 Å². The quantitative estimate of drug-likeness (QED) is 0.866. The van der Waals surface area contributed by atoms with Crippen molar-refractivity contribution in [3.05, 3.63) is 22.3 Å². The van der Waals surface area contributed by atoms with E-state index in [2.05, 4.69) is 39.9 Å². The maximum Gasteiger partial charge on any atom is 0.345 e. The number of halogens is 2. The second kappa shape index (κ2) is 6.92. The summed E-state index contributed by atoms with van der Waals surface area (Å²) in [6.45, 7) is 2.60. The van der Waals surface area contributed by atoms with Crippen LogP contribution in [0.2, 0.25) is 0 Å². The van der Waals surface area contributed by atoms with Crippen LogP contribution in [0.5, 0.6) is 0 Å². The molecule has 1 aliphatic carbocycles.